The average molecular weight is 307 g/mol. The predicted octanol–water partition coefficient (Wildman–Crippen LogP) is -2.90. The Morgan fingerprint density at radius 2 is 2.20 bits per heavy atom. The van der Waals surface area contributed by atoms with Gasteiger partial charge in [-0.3, -0.25) is 4.79 Å². The van der Waals surface area contributed by atoms with Crippen molar-refractivity contribution in [1.82, 2.24) is 4.90 Å². The van der Waals surface area contributed by atoms with Crippen LogP contribution in [0.3, 0.4) is 0 Å². The molecular weight excluding hydrogens is 289 g/mol. The number of aliphatic carboxylic acids is 1. The molecule has 20 heavy (non-hydrogen) atoms. The Morgan fingerprint density at radius 1 is 1.50 bits per heavy atom. The van der Waals surface area contributed by atoms with Gasteiger partial charge in [-0.15, -0.1) is 11.8 Å². The van der Waals surface area contributed by atoms with Crippen LogP contribution in [0.4, 0.5) is 0 Å². The largest absolute Gasteiger partial charge is 1.00 e. The summed E-state index contributed by atoms with van der Waals surface area (Å²) in [6.45, 7) is 2.10. The topological polar surface area (TPSA) is 80.7 Å². The van der Waals surface area contributed by atoms with Crippen molar-refractivity contribution >= 4 is 23.6 Å². The number of rotatable bonds is 7. The number of aliphatic hydroxyl groups is 1. The summed E-state index contributed by atoms with van der Waals surface area (Å²) in [4.78, 5) is 25.2. The number of hydrogen-bond acceptors (Lipinski definition) is 5. The molecule has 7 heteroatoms. The molecule has 1 amide bonds. The molecule has 5 nitrogen and oxygen atoms in total. The molecule has 1 saturated heterocycles. The molecule has 106 valence electrons. The molecule has 0 spiro atoms. The molecule has 0 saturated carbocycles. The van der Waals surface area contributed by atoms with E-state index in [0.717, 1.165) is 23.5 Å². The number of fused-ring (bicyclic) bond motifs is 1. The van der Waals surface area contributed by atoms with E-state index < -0.39 is 5.97 Å². The van der Waals surface area contributed by atoms with Crippen molar-refractivity contribution in [3.8, 4) is 0 Å². The van der Waals surface area contributed by atoms with Crippen LogP contribution in [-0.2, 0) is 9.59 Å². The number of carbonyl (C=O) groups excluding carboxylic acids is 2. The Labute approximate surface area is 145 Å². The van der Waals surface area contributed by atoms with E-state index in [1.165, 1.54) is 16.7 Å². The second kappa shape index (κ2) is 7.84. The molecule has 0 aromatic rings. The van der Waals surface area contributed by atoms with Gasteiger partial charge in [0.2, 0.25) is 5.91 Å². The number of nitrogens with zero attached hydrogens (tertiary/aromatic N) is 1. The normalized spacial score (nSPS) is 24.3. The smallest absolute Gasteiger partial charge is 0.543 e. The van der Waals surface area contributed by atoms with Crippen molar-refractivity contribution in [3.63, 3.8) is 0 Å². The molecule has 0 aromatic carbocycles. The minimum atomic E-state index is -1.25. The van der Waals surface area contributed by atoms with Crippen LogP contribution >= 0.6 is 11.8 Å². The SMILES string of the molecule is CCC1C(=O)N2C(C(=O)[O-])=C(SCCCCO)CC12.[Na+]. The van der Waals surface area contributed by atoms with Crippen LogP contribution < -0.4 is 34.7 Å². The standard InChI is InChI=1S/C13H19NO4S.Na/c1-2-8-9-7-10(19-6-4-3-5-15)11(13(17)18)14(9)12(8)16;/h8-9,15H,2-7H2,1H3,(H,17,18);/q;+1/p-1. The number of β-lactam (4-membered cyclic amide) rings is 1. The van der Waals surface area contributed by atoms with Crippen LogP contribution in [0, 0.1) is 5.92 Å². The summed E-state index contributed by atoms with van der Waals surface area (Å²) in [6.07, 6.45) is 2.94. The Morgan fingerprint density at radius 3 is 2.75 bits per heavy atom. The molecule has 0 radical (unpaired) electrons. The van der Waals surface area contributed by atoms with Crippen LogP contribution in [0.15, 0.2) is 10.6 Å². The summed E-state index contributed by atoms with van der Waals surface area (Å²) in [5.74, 6) is -0.615. The van der Waals surface area contributed by atoms with Gasteiger partial charge < -0.3 is 19.9 Å². The third-order valence-electron chi connectivity index (χ3n) is 3.71. The average Bonchev–Trinajstić information content (AvgIpc) is 2.70. The van der Waals surface area contributed by atoms with E-state index in [1.807, 2.05) is 6.92 Å². The van der Waals surface area contributed by atoms with Crippen LogP contribution in [-0.4, -0.2) is 40.3 Å². The van der Waals surface area contributed by atoms with E-state index in [2.05, 4.69) is 0 Å². The van der Waals surface area contributed by atoms with E-state index in [4.69, 9.17) is 5.11 Å². The second-order valence-electron chi connectivity index (χ2n) is 4.83. The maximum Gasteiger partial charge on any atom is 1.00 e. The van der Waals surface area contributed by atoms with E-state index in [9.17, 15) is 14.7 Å². The second-order valence-corrected chi connectivity index (χ2v) is 6.02. The molecule has 2 aliphatic heterocycles. The van der Waals surface area contributed by atoms with Crippen LogP contribution in [0.5, 0.6) is 0 Å². The third-order valence-corrected chi connectivity index (χ3v) is 4.91. The number of thioether (sulfide) groups is 1. The maximum absolute atomic E-state index is 11.9. The van der Waals surface area contributed by atoms with Crippen molar-refractivity contribution in [1.29, 1.82) is 0 Å². The van der Waals surface area contributed by atoms with E-state index in [-0.39, 0.29) is 59.7 Å². The molecule has 1 fully saturated rings. The van der Waals surface area contributed by atoms with Crippen molar-refractivity contribution in [2.45, 2.75) is 38.6 Å². The first-order chi connectivity index (χ1) is 9.11. The van der Waals surface area contributed by atoms with Gasteiger partial charge in [-0.2, -0.15) is 0 Å². The molecule has 2 heterocycles. The van der Waals surface area contributed by atoms with Gasteiger partial charge in [0.1, 0.15) is 0 Å². The Bertz CT molecular complexity index is 427. The predicted molar refractivity (Wildman–Crippen MR) is 69.8 cm³/mol. The summed E-state index contributed by atoms with van der Waals surface area (Å²) in [7, 11) is 0. The number of carbonyl (C=O) groups is 2. The first kappa shape index (κ1) is 18.0. The monoisotopic (exact) mass is 307 g/mol. The molecule has 0 aromatic heterocycles. The van der Waals surface area contributed by atoms with Gasteiger partial charge in [0.05, 0.1) is 23.6 Å². The van der Waals surface area contributed by atoms with Gasteiger partial charge in [-0.05, 0) is 25.0 Å². The maximum atomic E-state index is 11.9. The van der Waals surface area contributed by atoms with Crippen LogP contribution in [0.1, 0.15) is 32.6 Å². The fraction of sp³-hybridized carbons (Fsp3) is 0.692. The zero-order valence-electron chi connectivity index (χ0n) is 11.9. The third kappa shape index (κ3) is 3.25. The van der Waals surface area contributed by atoms with Crippen molar-refractivity contribution < 1.29 is 49.4 Å². The quantitative estimate of drug-likeness (QED) is 0.310. The van der Waals surface area contributed by atoms with Crippen molar-refractivity contribution in [3.05, 3.63) is 10.6 Å². The number of unbranched alkanes of at least 4 members (excludes halogenated alkanes) is 1. The van der Waals surface area contributed by atoms with E-state index in [0.29, 0.717) is 12.8 Å². The number of carboxylic acids is 1. The molecule has 0 aliphatic carbocycles. The molecule has 1 N–H and O–H groups in total. The fourth-order valence-electron chi connectivity index (χ4n) is 2.73. The van der Waals surface area contributed by atoms with Gasteiger partial charge in [0.15, 0.2) is 0 Å². The summed E-state index contributed by atoms with van der Waals surface area (Å²) in [6, 6.07) is 0.0192. The zero-order chi connectivity index (χ0) is 14.0. The van der Waals surface area contributed by atoms with Crippen molar-refractivity contribution in [2.24, 2.45) is 5.92 Å². The molecular formula is C13H18NNaO4S. The first-order valence-electron chi connectivity index (χ1n) is 6.63. The van der Waals surface area contributed by atoms with Crippen molar-refractivity contribution in [2.75, 3.05) is 12.4 Å². The van der Waals surface area contributed by atoms with Gasteiger partial charge in [0, 0.05) is 17.9 Å². The summed E-state index contributed by atoms with van der Waals surface area (Å²) >= 11 is 1.48. The number of amides is 1. The minimum Gasteiger partial charge on any atom is -0.543 e. The number of aliphatic hydroxyl groups excluding tert-OH is 1. The molecule has 2 atom stereocenters. The molecule has 0 bridgehead atoms. The Hall–Kier alpha value is -0.01000. The summed E-state index contributed by atoms with van der Waals surface area (Å²) in [5, 5.41) is 19.9. The fourth-order valence-corrected chi connectivity index (χ4v) is 3.93. The number of carboxylic acid groups (broad SMARTS) is 1. The zero-order valence-corrected chi connectivity index (χ0v) is 14.7. The molecule has 2 unspecified atom stereocenters. The Kier molecular flexibility index (Phi) is 7.08. The van der Waals surface area contributed by atoms with Gasteiger partial charge in [0.25, 0.3) is 0 Å². The first-order valence-corrected chi connectivity index (χ1v) is 7.61. The molecule has 2 aliphatic rings. The van der Waals surface area contributed by atoms with Gasteiger partial charge in [-0.25, -0.2) is 0 Å². The van der Waals surface area contributed by atoms with Gasteiger partial charge in [-0.1, -0.05) is 6.92 Å². The summed E-state index contributed by atoms with van der Waals surface area (Å²) < 4.78 is 0. The molecule has 2 rings (SSSR count). The minimum absolute atomic E-state index is 0. The number of hydrogen-bond donors (Lipinski definition) is 1. The Balaban J connectivity index is 0.00000200. The summed E-state index contributed by atoms with van der Waals surface area (Å²) in [5.41, 5.74) is 0.0775. The van der Waals surface area contributed by atoms with Gasteiger partial charge >= 0.3 is 29.6 Å². The van der Waals surface area contributed by atoms with Crippen LogP contribution in [0.2, 0.25) is 0 Å². The van der Waals surface area contributed by atoms with Crippen LogP contribution in [0.25, 0.3) is 0 Å². The van der Waals surface area contributed by atoms with E-state index in [1.54, 1.807) is 0 Å². The van der Waals surface area contributed by atoms with E-state index >= 15 is 0 Å².